The summed E-state index contributed by atoms with van der Waals surface area (Å²) in [6, 6.07) is 12.2. The van der Waals surface area contributed by atoms with E-state index < -0.39 is 0 Å². The molecule has 26 heavy (non-hydrogen) atoms. The number of rotatable bonds is 6. The van der Waals surface area contributed by atoms with Gasteiger partial charge in [-0.25, -0.2) is 9.97 Å². The summed E-state index contributed by atoms with van der Waals surface area (Å²) in [7, 11) is 3.50. The van der Waals surface area contributed by atoms with Crippen molar-refractivity contribution in [2.75, 3.05) is 38.7 Å². The molecule has 0 spiro atoms. The van der Waals surface area contributed by atoms with Crippen LogP contribution in [-0.2, 0) is 16.0 Å². The molecule has 2 atom stereocenters. The number of likely N-dealkylation sites (N-methyl/N-ethyl adjacent to an activating group) is 1. The Bertz CT molecular complexity index is 693. The lowest BCUT2D eigenvalue weighted by molar-refractivity contribution is -0.137. The average molecular weight is 354 g/mol. The lowest BCUT2D eigenvalue weighted by Gasteiger charge is -2.38. The molecule has 0 saturated carbocycles. The van der Waals surface area contributed by atoms with E-state index in [1.165, 1.54) is 5.56 Å². The van der Waals surface area contributed by atoms with Crippen LogP contribution in [0.5, 0.6) is 0 Å². The molecular formula is C20H26N4O2. The highest BCUT2D eigenvalue weighted by Crippen LogP contribution is 2.26. The highest BCUT2D eigenvalue weighted by molar-refractivity contribution is 5.76. The smallest absolute Gasteiger partial charge is 0.248 e. The molecule has 0 N–H and O–H groups in total. The van der Waals surface area contributed by atoms with Gasteiger partial charge in [0, 0.05) is 45.5 Å². The van der Waals surface area contributed by atoms with Gasteiger partial charge in [-0.2, -0.15) is 0 Å². The molecule has 0 unspecified atom stereocenters. The van der Waals surface area contributed by atoms with Gasteiger partial charge in [-0.3, -0.25) is 4.79 Å². The van der Waals surface area contributed by atoms with Crippen molar-refractivity contribution in [3.8, 4) is 0 Å². The maximum Gasteiger partial charge on any atom is 0.248 e. The molecule has 1 aliphatic heterocycles. The summed E-state index contributed by atoms with van der Waals surface area (Å²) >= 11 is 0. The Morgan fingerprint density at radius 3 is 2.62 bits per heavy atom. The van der Waals surface area contributed by atoms with Crippen LogP contribution >= 0.6 is 0 Å². The maximum atomic E-state index is 11.9. The van der Waals surface area contributed by atoms with Crippen molar-refractivity contribution in [3.63, 3.8) is 0 Å². The second-order valence-electron chi connectivity index (χ2n) is 6.87. The van der Waals surface area contributed by atoms with Crippen molar-refractivity contribution < 1.29 is 9.53 Å². The number of anilines is 1. The molecule has 1 aromatic carbocycles. The summed E-state index contributed by atoms with van der Waals surface area (Å²) in [6.07, 6.45) is 5.36. The zero-order valence-electron chi connectivity index (χ0n) is 15.4. The van der Waals surface area contributed by atoms with Crippen molar-refractivity contribution >= 4 is 11.9 Å². The normalized spacial score (nSPS) is 20.0. The van der Waals surface area contributed by atoms with Gasteiger partial charge in [-0.05, 0) is 24.5 Å². The quantitative estimate of drug-likeness (QED) is 0.794. The number of ether oxygens (including phenoxy) is 1. The van der Waals surface area contributed by atoms with Gasteiger partial charge in [-0.15, -0.1) is 0 Å². The number of carbonyl (C=O) groups is 1. The molecule has 1 fully saturated rings. The number of amides is 1. The van der Waals surface area contributed by atoms with Crippen molar-refractivity contribution in [2.24, 2.45) is 5.92 Å². The number of piperidine rings is 1. The monoisotopic (exact) mass is 354 g/mol. The number of carbonyl (C=O) groups excluding carboxylic acids is 1. The predicted octanol–water partition coefficient (Wildman–Crippen LogP) is 2.02. The number of hydrogen-bond donors (Lipinski definition) is 0. The van der Waals surface area contributed by atoms with Gasteiger partial charge in [0.2, 0.25) is 11.9 Å². The first kappa shape index (κ1) is 18.3. The van der Waals surface area contributed by atoms with Crippen molar-refractivity contribution in [3.05, 3.63) is 54.4 Å². The molecule has 0 radical (unpaired) electrons. The highest BCUT2D eigenvalue weighted by atomic mass is 16.5. The van der Waals surface area contributed by atoms with E-state index in [0.29, 0.717) is 0 Å². The molecule has 6 heteroatoms. The third-order valence-electron chi connectivity index (χ3n) is 4.76. The van der Waals surface area contributed by atoms with Crippen molar-refractivity contribution in [2.45, 2.75) is 18.9 Å². The molecule has 138 valence electrons. The fraction of sp³-hybridized carbons (Fsp3) is 0.450. The molecule has 1 amide bonds. The molecule has 6 nitrogen and oxygen atoms in total. The van der Waals surface area contributed by atoms with E-state index in [-0.39, 0.29) is 24.5 Å². The molecule has 1 aliphatic rings. The van der Waals surface area contributed by atoms with Crippen LogP contribution in [0.3, 0.4) is 0 Å². The van der Waals surface area contributed by atoms with E-state index in [1.54, 1.807) is 31.4 Å². The summed E-state index contributed by atoms with van der Waals surface area (Å²) in [5.74, 6) is 1.04. The van der Waals surface area contributed by atoms with E-state index in [9.17, 15) is 4.79 Å². The first-order valence-corrected chi connectivity index (χ1v) is 9.01. The largest absolute Gasteiger partial charge is 0.368 e. The minimum atomic E-state index is -0.00252. The Morgan fingerprint density at radius 2 is 1.92 bits per heavy atom. The molecule has 1 saturated heterocycles. The Morgan fingerprint density at radius 1 is 1.19 bits per heavy atom. The van der Waals surface area contributed by atoms with Gasteiger partial charge in [0.25, 0.3) is 0 Å². The van der Waals surface area contributed by atoms with Crippen LogP contribution < -0.4 is 4.90 Å². The summed E-state index contributed by atoms with van der Waals surface area (Å²) in [4.78, 5) is 24.4. The van der Waals surface area contributed by atoms with Crippen LogP contribution in [0.1, 0.15) is 12.0 Å². The van der Waals surface area contributed by atoms with E-state index in [4.69, 9.17) is 4.74 Å². The lowest BCUT2D eigenvalue weighted by atomic mass is 9.88. The van der Waals surface area contributed by atoms with E-state index in [0.717, 1.165) is 31.9 Å². The van der Waals surface area contributed by atoms with E-state index in [2.05, 4.69) is 39.1 Å². The molecule has 2 aromatic rings. The van der Waals surface area contributed by atoms with Crippen LogP contribution in [0.2, 0.25) is 0 Å². The number of hydrogen-bond acceptors (Lipinski definition) is 5. The van der Waals surface area contributed by atoms with Crippen LogP contribution in [0.25, 0.3) is 0 Å². The Hall–Kier alpha value is -2.47. The summed E-state index contributed by atoms with van der Waals surface area (Å²) in [6.45, 7) is 1.78. The summed E-state index contributed by atoms with van der Waals surface area (Å²) < 4.78 is 6.02. The molecule has 0 bridgehead atoms. The Kier molecular flexibility index (Phi) is 6.17. The minimum Gasteiger partial charge on any atom is -0.368 e. The second kappa shape index (κ2) is 8.76. The van der Waals surface area contributed by atoms with Crippen LogP contribution in [0, 0.1) is 5.92 Å². The van der Waals surface area contributed by atoms with E-state index in [1.807, 2.05) is 12.1 Å². The maximum absolute atomic E-state index is 11.9. The van der Waals surface area contributed by atoms with Crippen molar-refractivity contribution in [1.82, 2.24) is 14.9 Å². The Labute approximate surface area is 154 Å². The number of aromatic nitrogens is 2. The Balaban J connectivity index is 1.70. The fourth-order valence-corrected chi connectivity index (χ4v) is 3.29. The topological polar surface area (TPSA) is 58.6 Å². The molecule has 2 heterocycles. The zero-order chi connectivity index (χ0) is 18.4. The summed E-state index contributed by atoms with van der Waals surface area (Å²) in [5, 5.41) is 0. The predicted molar refractivity (Wildman–Crippen MR) is 101 cm³/mol. The first-order valence-electron chi connectivity index (χ1n) is 9.01. The van der Waals surface area contributed by atoms with E-state index >= 15 is 0 Å². The highest BCUT2D eigenvalue weighted by Gasteiger charge is 2.31. The molecule has 0 aliphatic carbocycles. The third-order valence-corrected chi connectivity index (χ3v) is 4.76. The van der Waals surface area contributed by atoms with Gasteiger partial charge >= 0.3 is 0 Å². The minimum absolute atomic E-state index is 0.00252. The van der Waals surface area contributed by atoms with Gasteiger partial charge < -0.3 is 14.5 Å². The number of nitrogens with zero attached hydrogens (tertiary/aromatic N) is 4. The van der Waals surface area contributed by atoms with Crippen LogP contribution in [-0.4, -0.2) is 60.7 Å². The van der Waals surface area contributed by atoms with Gasteiger partial charge in [0.15, 0.2) is 0 Å². The third kappa shape index (κ3) is 4.79. The van der Waals surface area contributed by atoms with Gasteiger partial charge in [0.1, 0.15) is 6.61 Å². The zero-order valence-corrected chi connectivity index (χ0v) is 15.4. The van der Waals surface area contributed by atoms with Gasteiger partial charge in [-0.1, -0.05) is 30.3 Å². The first-order chi connectivity index (χ1) is 12.6. The molecular weight excluding hydrogens is 328 g/mol. The second-order valence-corrected chi connectivity index (χ2v) is 6.87. The molecule has 1 aromatic heterocycles. The SMILES string of the molecule is CN(C)C(=O)CO[C@H]1CCN(c2ncccn2)C[C@@H]1Cc1ccccc1. The van der Waals surface area contributed by atoms with Crippen molar-refractivity contribution in [1.29, 1.82) is 0 Å². The lowest BCUT2D eigenvalue weighted by Crippen LogP contribution is -2.46. The van der Waals surface area contributed by atoms with Crippen LogP contribution in [0.4, 0.5) is 5.95 Å². The standard InChI is InChI=1S/C20H26N4O2/c1-23(2)19(25)15-26-18-9-12-24(20-21-10-6-11-22-20)14-17(18)13-16-7-4-3-5-8-16/h3-8,10-11,17-18H,9,12-15H2,1-2H3/t17-,18-/m0/s1. The van der Waals surface area contributed by atoms with Crippen LogP contribution in [0.15, 0.2) is 48.8 Å². The molecule has 3 rings (SSSR count). The summed E-state index contributed by atoms with van der Waals surface area (Å²) in [5.41, 5.74) is 1.28. The number of benzene rings is 1. The average Bonchev–Trinajstić information content (AvgIpc) is 2.68. The fourth-order valence-electron chi connectivity index (χ4n) is 3.29. The van der Waals surface area contributed by atoms with Gasteiger partial charge in [0.05, 0.1) is 6.10 Å².